The summed E-state index contributed by atoms with van der Waals surface area (Å²) in [6, 6.07) is 5.88. The van der Waals surface area contributed by atoms with Crippen molar-refractivity contribution < 1.29 is 14.1 Å². The molecular weight excluding hydrogens is 308 g/mol. The number of hydrogen-bond acceptors (Lipinski definition) is 6. The van der Waals surface area contributed by atoms with E-state index in [4.69, 9.17) is 9.26 Å². The Labute approximate surface area is 141 Å². The van der Waals surface area contributed by atoms with Crippen molar-refractivity contribution in [3.63, 3.8) is 0 Å². The highest BCUT2D eigenvalue weighted by Gasteiger charge is 2.20. The molecule has 24 heavy (non-hydrogen) atoms. The molecule has 0 N–H and O–H groups in total. The molecule has 7 nitrogen and oxygen atoms in total. The van der Waals surface area contributed by atoms with Crippen LogP contribution in [0.25, 0.3) is 0 Å². The molecule has 1 amide bonds. The highest BCUT2D eigenvalue weighted by atomic mass is 16.5. The minimum absolute atomic E-state index is 0.0604. The molecule has 0 saturated carbocycles. The quantitative estimate of drug-likeness (QED) is 0.800. The molecule has 1 aromatic heterocycles. The number of anilines is 1. The van der Waals surface area contributed by atoms with Gasteiger partial charge >= 0.3 is 0 Å². The minimum Gasteiger partial charge on any atom is -0.384 e. The SMILES string of the molecule is COCCc1noc(CN(C)C(=O)c2ccc3c(c2)N(C)CC3)n1. The van der Waals surface area contributed by atoms with E-state index in [2.05, 4.69) is 15.0 Å². The predicted molar refractivity (Wildman–Crippen MR) is 89.1 cm³/mol. The van der Waals surface area contributed by atoms with Crippen molar-refractivity contribution in [2.75, 3.05) is 39.3 Å². The van der Waals surface area contributed by atoms with E-state index in [0.29, 0.717) is 30.3 Å². The van der Waals surface area contributed by atoms with E-state index in [1.165, 1.54) is 5.56 Å². The van der Waals surface area contributed by atoms with Crippen molar-refractivity contribution in [2.45, 2.75) is 19.4 Å². The minimum atomic E-state index is -0.0604. The number of carbonyl (C=O) groups excluding carboxylic acids is 1. The fraction of sp³-hybridized carbons (Fsp3) is 0.471. The summed E-state index contributed by atoms with van der Waals surface area (Å²) >= 11 is 0. The first-order valence-electron chi connectivity index (χ1n) is 7.98. The first-order chi connectivity index (χ1) is 11.6. The van der Waals surface area contributed by atoms with Gasteiger partial charge in [0.25, 0.3) is 5.91 Å². The number of likely N-dealkylation sites (N-methyl/N-ethyl adjacent to an activating group) is 1. The Morgan fingerprint density at radius 1 is 1.46 bits per heavy atom. The van der Waals surface area contributed by atoms with Crippen LogP contribution >= 0.6 is 0 Å². The summed E-state index contributed by atoms with van der Waals surface area (Å²) in [5.74, 6) is 0.955. The molecule has 0 atom stereocenters. The van der Waals surface area contributed by atoms with Crippen molar-refractivity contribution in [1.29, 1.82) is 0 Å². The van der Waals surface area contributed by atoms with Gasteiger partial charge in [-0.1, -0.05) is 11.2 Å². The van der Waals surface area contributed by atoms with Crippen LogP contribution in [0, 0.1) is 0 Å². The number of amides is 1. The second-order valence-electron chi connectivity index (χ2n) is 6.02. The van der Waals surface area contributed by atoms with Crippen LogP contribution in [0.1, 0.15) is 27.6 Å². The highest BCUT2D eigenvalue weighted by molar-refractivity contribution is 5.95. The monoisotopic (exact) mass is 330 g/mol. The van der Waals surface area contributed by atoms with Gasteiger partial charge in [-0.05, 0) is 24.1 Å². The average Bonchev–Trinajstić information content (AvgIpc) is 3.19. The summed E-state index contributed by atoms with van der Waals surface area (Å²) in [6.07, 6.45) is 1.62. The molecule has 3 rings (SSSR count). The number of methoxy groups -OCH3 is 1. The molecule has 0 unspecified atom stereocenters. The molecule has 128 valence electrons. The predicted octanol–water partition coefficient (Wildman–Crippen LogP) is 1.52. The third-order valence-corrected chi connectivity index (χ3v) is 4.22. The number of fused-ring (bicyclic) bond motifs is 1. The fourth-order valence-corrected chi connectivity index (χ4v) is 2.82. The lowest BCUT2D eigenvalue weighted by atomic mass is 10.1. The second-order valence-corrected chi connectivity index (χ2v) is 6.02. The van der Waals surface area contributed by atoms with Crippen LogP contribution < -0.4 is 4.90 Å². The van der Waals surface area contributed by atoms with E-state index in [0.717, 1.165) is 18.7 Å². The molecule has 0 spiro atoms. The Balaban J connectivity index is 1.66. The Hall–Kier alpha value is -2.41. The van der Waals surface area contributed by atoms with Crippen LogP contribution in [0.3, 0.4) is 0 Å². The van der Waals surface area contributed by atoms with Crippen molar-refractivity contribution in [3.8, 4) is 0 Å². The van der Waals surface area contributed by atoms with Crippen molar-refractivity contribution >= 4 is 11.6 Å². The normalized spacial score (nSPS) is 13.2. The molecule has 0 fully saturated rings. The molecule has 7 heteroatoms. The number of benzene rings is 1. The zero-order valence-corrected chi connectivity index (χ0v) is 14.3. The van der Waals surface area contributed by atoms with E-state index in [1.807, 2.05) is 25.2 Å². The van der Waals surface area contributed by atoms with Crippen molar-refractivity contribution in [1.82, 2.24) is 15.0 Å². The second kappa shape index (κ2) is 7.00. The third kappa shape index (κ3) is 3.41. The first-order valence-corrected chi connectivity index (χ1v) is 7.98. The van der Waals surface area contributed by atoms with Gasteiger partial charge in [-0.25, -0.2) is 0 Å². The summed E-state index contributed by atoms with van der Waals surface area (Å²) in [5.41, 5.74) is 3.09. The van der Waals surface area contributed by atoms with Gasteiger partial charge in [0, 0.05) is 45.4 Å². The molecule has 0 saturated heterocycles. The maximum absolute atomic E-state index is 12.6. The lowest BCUT2D eigenvalue weighted by Gasteiger charge is -2.17. The van der Waals surface area contributed by atoms with Crippen LogP contribution in [0.4, 0.5) is 5.69 Å². The number of carbonyl (C=O) groups is 1. The van der Waals surface area contributed by atoms with Gasteiger partial charge in [0.2, 0.25) is 5.89 Å². The summed E-state index contributed by atoms with van der Waals surface area (Å²) in [7, 11) is 5.41. The van der Waals surface area contributed by atoms with Gasteiger partial charge < -0.3 is 19.1 Å². The lowest BCUT2D eigenvalue weighted by molar-refractivity contribution is 0.0769. The standard InChI is InChI=1S/C17H22N4O3/c1-20-8-6-12-4-5-13(10-14(12)20)17(22)21(2)11-16-18-15(19-24-16)7-9-23-3/h4-5,10H,6-9,11H2,1-3H3. The molecular formula is C17H22N4O3. The molecule has 2 heterocycles. The Bertz CT molecular complexity index is 728. The van der Waals surface area contributed by atoms with Gasteiger partial charge in [-0.3, -0.25) is 4.79 Å². The van der Waals surface area contributed by atoms with E-state index in [9.17, 15) is 4.79 Å². The van der Waals surface area contributed by atoms with Gasteiger partial charge in [0.05, 0.1) is 13.2 Å². The molecule has 0 bridgehead atoms. The molecule has 1 aliphatic heterocycles. The largest absolute Gasteiger partial charge is 0.384 e. The van der Waals surface area contributed by atoms with Crippen LogP contribution in [0.15, 0.2) is 22.7 Å². The van der Waals surface area contributed by atoms with Gasteiger partial charge in [-0.15, -0.1) is 0 Å². The fourth-order valence-electron chi connectivity index (χ4n) is 2.82. The van der Waals surface area contributed by atoms with E-state index in [1.54, 1.807) is 19.1 Å². The van der Waals surface area contributed by atoms with Gasteiger partial charge in [-0.2, -0.15) is 4.98 Å². The lowest BCUT2D eigenvalue weighted by Crippen LogP contribution is -2.26. The van der Waals surface area contributed by atoms with Crippen molar-refractivity contribution in [3.05, 3.63) is 41.0 Å². The first kappa shape index (κ1) is 16.4. The molecule has 2 aromatic rings. The third-order valence-electron chi connectivity index (χ3n) is 4.22. The Kier molecular flexibility index (Phi) is 4.80. The average molecular weight is 330 g/mol. The maximum atomic E-state index is 12.6. The Morgan fingerprint density at radius 3 is 3.08 bits per heavy atom. The smallest absolute Gasteiger partial charge is 0.254 e. The molecule has 0 radical (unpaired) electrons. The molecule has 1 aromatic carbocycles. The zero-order chi connectivity index (χ0) is 17.1. The summed E-state index contributed by atoms with van der Waals surface area (Å²) in [5, 5.41) is 3.89. The topological polar surface area (TPSA) is 71.7 Å². The van der Waals surface area contributed by atoms with Crippen LogP contribution in [0.2, 0.25) is 0 Å². The van der Waals surface area contributed by atoms with Gasteiger partial charge in [0.15, 0.2) is 5.82 Å². The molecule has 0 aliphatic carbocycles. The number of hydrogen-bond donors (Lipinski definition) is 0. The summed E-state index contributed by atoms with van der Waals surface area (Å²) in [4.78, 5) is 20.7. The summed E-state index contributed by atoms with van der Waals surface area (Å²) < 4.78 is 10.2. The van der Waals surface area contributed by atoms with Crippen LogP contribution in [-0.4, -0.2) is 55.3 Å². The number of aromatic nitrogens is 2. The zero-order valence-electron chi connectivity index (χ0n) is 14.3. The van der Waals surface area contributed by atoms with E-state index < -0.39 is 0 Å². The van der Waals surface area contributed by atoms with E-state index >= 15 is 0 Å². The van der Waals surface area contributed by atoms with E-state index in [-0.39, 0.29) is 12.5 Å². The van der Waals surface area contributed by atoms with Crippen molar-refractivity contribution in [2.24, 2.45) is 0 Å². The summed E-state index contributed by atoms with van der Waals surface area (Å²) in [6.45, 7) is 1.82. The molecule has 1 aliphatic rings. The highest BCUT2D eigenvalue weighted by Crippen LogP contribution is 2.28. The number of ether oxygens (including phenoxy) is 1. The number of nitrogens with zero attached hydrogens (tertiary/aromatic N) is 4. The van der Waals surface area contributed by atoms with Crippen LogP contribution in [0.5, 0.6) is 0 Å². The van der Waals surface area contributed by atoms with Crippen LogP contribution in [-0.2, 0) is 24.1 Å². The Morgan fingerprint density at radius 2 is 2.29 bits per heavy atom. The van der Waals surface area contributed by atoms with Gasteiger partial charge in [0.1, 0.15) is 0 Å². The number of rotatable bonds is 6. The maximum Gasteiger partial charge on any atom is 0.254 e.